The van der Waals surface area contributed by atoms with Crippen LogP contribution in [-0.2, 0) is 9.31 Å². The van der Waals surface area contributed by atoms with Crippen molar-refractivity contribution in [1.29, 1.82) is 0 Å². The van der Waals surface area contributed by atoms with E-state index < -0.39 is 7.12 Å². The Balaban J connectivity index is 2.06. The molecular weight excluding hydrogens is 255 g/mol. The Morgan fingerprint density at radius 1 is 1.20 bits per heavy atom. The molecular formula is C14H19BN2O3. The minimum absolute atomic E-state index is 0.379. The van der Waals surface area contributed by atoms with Crippen LogP contribution in [-0.4, -0.2) is 35.4 Å². The zero-order chi connectivity index (χ0) is 14.5. The van der Waals surface area contributed by atoms with E-state index in [1.807, 2.05) is 46.0 Å². The topological polar surface area (TPSA) is 56.4 Å². The Labute approximate surface area is 118 Å². The maximum atomic E-state index is 6.07. The number of nitrogens with zero attached hydrogens (tertiary/aromatic N) is 1. The first-order valence-corrected chi connectivity index (χ1v) is 6.72. The Kier molecular flexibility index (Phi) is 2.85. The van der Waals surface area contributed by atoms with Crippen molar-refractivity contribution in [2.75, 3.05) is 7.11 Å². The fourth-order valence-corrected chi connectivity index (χ4v) is 2.28. The van der Waals surface area contributed by atoms with Gasteiger partial charge in [-0.15, -0.1) is 0 Å². The van der Waals surface area contributed by atoms with Crippen LogP contribution in [0.3, 0.4) is 0 Å². The van der Waals surface area contributed by atoms with Crippen LogP contribution in [0, 0.1) is 0 Å². The van der Waals surface area contributed by atoms with Crippen LogP contribution in [0.5, 0.6) is 5.88 Å². The van der Waals surface area contributed by atoms with Crippen LogP contribution < -0.4 is 10.2 Å². The molecule has 106 valence electrons. The third kappa shape index (κ3) is 1.91. The number of pyridine rings is 1. The van der Waals surface area contributed by atoms with Gasteiger partial charge in [-0.3, -0.25) is 0 Å². The number of aromatic amines is 1. The minimum atomic E-state index is -0.471. The van der Waals surface area contributed by atoms with Crippen LogP contribution in [0.4, 0.5) is 0 Å². The number of methoxy groups -OCH3 is 1. The maximum Gasteiger partial charge on any atom is 0.500 e. The van der Waals surface area contributed by atoms with Crippen LogP contribution in [0.2, 0.25) is 0 Å². The highest BCUT2D eigenvalue weighted by molar-refractivity contribution is 6.63. The lowest BCUT2D eigenvalue weighted by molar-refractivity contribution is 0.00578. The lowest BCUT2D eigenvalue weighted by Crippen LogP contribution is -2.41. The van der Waals surface area contributed by atoms with Gasteiger partial charge in [-0.25, -0.2) is 0 Å². The van der Waals surface area contributed by atoms with Gasteiger partial charge in [-0.1, -0.05) is 0 Å². The number of H-pyrrole nitrogens is 1. The largest absolute Gasteiger partial charge is 0.500 e. The normalized spacial score (nSPS) is 20.6. The van der Waals surface area contributed by atoms with Crippen LogP contribution in [0.15, 0.2) is 18.3 Å². The molecule has 3 heterocycles. The molecule has 3 rings (SSSR count). The third-order valence-corrected chi connectivity index (χ3v) is 4.23. The number of hydrogen-bond donors (Lipinski definition) is 1. The number of ether oxygens (including phenoxy) is 1. The van der Waals surface area contributed by atoms with E-state index in [4.69, 9.17) is 14.0 Å². The standard InChI is InChI=1S/C14H19BN2O3/c1-13(2)14(3,4)20-15(19-13)10-8-9-6-7-16-11(9)17-12(10)18-5/h6-8H,1-5H3,(H,16,17). The minimum Gasteiger partial charge on any atom is -0.481 e. The molecule has 0 radical (unpaired) electrons. The van der Waals surface area contributed by atoms with E-state index in [9.17, 15) is 0 Å². The van der Waals surface area contributed by atoms with Crippen molar-refractivity contribution in [2.24, 2.45) is 0 Å². The number of nitrogens with one attached hydrogen (secondary N) is 1. The lowest BCUT2D eigenvalue weighted by Gasteiger charge is -2.32. The molecule has 1 saturated heterocycles. The summed E-state index contributed by atoms with van der Waals surface area (Å²) in [5, 5.41) is 1.01. The highest BCUT2D eigenvalue weighted by Gasteiger charge is 2.52. The van der Waals surface area contributed by atoms with E-state index in [0.717, 1.165) is 16.5 Å². The fraction of sp³-hybridized carbons (Fsp3) is 0.500. The number of hydrogen-bond acceptors (Lipinski definition) is 4. The van der Waals surface area contributed by atoms with Crippen molar-refractivity contribution >= 4 is 23.6 Å². The number of rotatable bonds is 2. The SMILES string of the molecule is COc1nc2[nH]ccc2cc1B1OC(C)(C)C(C)(C)O1. The van der Waals surface area contributed by atoms with Crippen LogP contribution in [0.1, 0.15) is 27.7 Å². The van der Waals surface area contributed by atoms with E-state index in [-0.39, 0.29) is 11.2 Å². The smallest absolute Gasteiger partial charge is 0.481 e. The maximum absolute atomic E-state index is 6.07. The molecule has 2 aromatic heterocycles. The van der Waals surface area contributed by atoms with Crippen LogP contribution >= 0.6 is 0 Å². The molecule has 0 unspecified atom stereocenters. The summed E-state index contributed by atoms with van der Waals surface area (Å²) in [6.07, 6.45) is 1.85. The summed E-state index contributed by atoms with van der Waals surface area (Å²) < 4.78 is 17.5. The molecule has 0 aromatic carbocycles. The van der Waals surface area contributed by atoms with Crippen molar-refractivity contribution in [1.82, 2.24) is 9.97 Å². The summed E-state index contributed by atoms with van der Waals surface area (Å²) in [5.74, 6) is 0.526. The summed E-state index contributed by atoms with van der Waals surface area (Å²) in [7, 11) is 1.13. The zero-order valence-electron chi connectivity index (χ0n) is 12.5. The Morgan fingerprint density at radius 2 is 1.85 bits per heavy atom. The van der Waals surface area contributed by atoms with Gasteiger partial charge in [0.15, 0.2) is 0 Å². The van der Waals surface area contributed by atoms with Gasteiger partial charge in [0.2, 0.25) is 5.88 Å². The van der Waals surface area contributed by atoms with E-state index in [1.54, 1.807) is 7.11 Å². The molecule has 1 aliphatic rings. The van der Waals surface area contributed by atoms with E-state index in [1.165, 1.54) is 0 Å². The predicted octanol–water partition coefficient (Wildman–Crippen LogP) is 1.87. The first-order chi connectivity index (χ1) is 9.34. The Hall–Kier alpha value is -1.53. The summed E-state index contributed by atoms with van der Waals surface area (Å²) >= 11 is 0. The molecule has 5 nitrogen and oxygen atoms in total. The average Bonchev–Trinajstić information content (AvgIpc) is 2.89. The number of aromatic nitrogens is 2. The van der Waals surface area contributed by atoms with Crippen LogP contribution in [0.25, 0.3) is 11.0 Å². The van der Waals surface area contributed by atoms with Crippen molar-refractivity contribution in [2.45, 2.75) is 38.9 Å². The second-order valence-corrected chi connectivity index (χ2v) is 6.09. The monoisotopic (exact) mass is 274 g/mol. The molecule has 6 heteroatoms. The van der Waals surface area contributed by atoms with Gasteiger partial charge >= 0.3 is 7.12 Å². The molecule has 0 bridgehead atoms. The Bertz CT molecular complexity index is 635. The summed E-state index contributed by atoms with van der Waals surface area (Å²) in [5.41, 5.74) is 0.853. The quantitative estimate of drug-likeness (QED) is 0.849. The molecule has 1 aliphatic heterocycles. The molecule has 20 heavy (non-hydrogen) atoms. The van der Waals surface area contributed by atoms with Gasteiger partial charge < -0.3 is 19.0 Å². The van der Waals surface area contributed by atoms with E-state index in [2.05, 4.69) is 9.97 Å². The molecule has 0 atom stereocenters. The molecule has 0 saturated carbocycles. The fourth-order valence-electron chi connectivity index (χ4n) is 2.28. The lowest BCUT2D eigenvalue weighted by atomic mass is 9.79. The van der Waals surface area contributed by atoms with Crippen molar-refractivity contribution in [3.63, 3.8) is 0 Å². The first-order valence-electron chi connectivity index (χ1n) is 6.72. The zero-order valence-corrected chi connectivity index (χ0v) is 12.5. The molecule has 0 amide bonds. The molecule has 2 aromatic rings. The summed E-state index contributed by atoms with van der Waals surface area (Å²) in [6, 6.07) is 3.97. The van der Waals surface area contributed by atoms with Gasteiger partial charge in [0.25, 0.3) is 0 Å². The van der Waals surface area contributed by atoms with E-state index in [0.29, 0.717) is 5.88 Å². The number of fused-ring (bicyclic) bond motifs is 1. The Morgan fingerprint density at radius 3 is 2.45 bits per heavy atom. The van der Waals surface area contributed by atoms with Gasteiger partial charge in [-0.2, -0.15) is 4.98 Å². The van der Waals surface area contributed by atoms with Crippen molar-refractivity contribution in [3.8, 4) is 5.88 Å². The molecule has 0 aliphatic carbocycles. The first kappa shape index (κ1) is 13.5. The third-order valence-electron chi connectivity index (χ3n) is 4.23. The second-order valence-electron chi connectivity index (χ2n) is 6.09. The van der Waals surface area contributed by atoms with Gasteiger partial charge in [-0.05, 0) is 39.8 Å². The van der Waals surface area contributed by atoms with Gasteiger partial charge in [0.05, 0.1) is 18.3 Å². The van der Waals surface area contributed by atoms with Gasteiger partial charge in [0, 0.05) is 17.0 Å². The molecule has 1 fully saturated rings. The van der Waals surface area contributed by atoms with Crippen molar-refractivity contribution in [3.05, 3.63) is 18.3 Å². The highest BCUT2D eigenvalue weighted by atomic mass is 16.7. The summed E-state index contributed by atoms with van der Waals surface area (Å²) in [4.78, 5) is 7.53. The summed E-state index contributed by atoms with van der Waals surface area (Å²) in [6.45, 7) is 8.12. The molecule has 1 N–H and O–H groups in total. The van der Waals surface area contributed by atoms with Crippen molar-refractivity contribution < 1.29 is 14.0 Å². The molecule has 0 spiro atoms. The van der Waals surface area contributed by atoms with E-state index >= 15 is 0 Å². The average molecular weight is 274 g/mol. The van der Waals surface area contributed by atoms with Gasteiger partial charge in [0.1, 0.15) is 5.65 Å². The second kappa shape index (κ2) is 4.23. The highest BCUT2D eigenvalue weighted by Crippen LogP contribution is 2.37. The predicted molar refractivity (Wildman–Crippen MR) is 78.4 cm³/mol.